The molecule has 0 bridgehead atoms. The summed E-state index contributed by atoms with van der Waals surface area (Å²) in [5.74, 6) is 0.416. The first-order chi connectivity index (χ1) is 13.5. The van der Waals surface area contributed by atoms with Crippen LogP contribution in [0, 0.1) is 5.82 Å². The minimum atomic E-state index is -0.490. The van der Waals surface area contributed by atoms with Crippen molar-refractivity contribution >= 4 is 46.0 Å². The lowest BCUT2D eigenvalue weighted by atomic mass is 10.1. The first-order valence-electron chi connectivity index (χ1n) is 8.88. The summed E-state index contributed by atoms with van der Waals surface area (Å²) in [6, 6.07) is 11.5. The Bertz CT molecular complexity index is 930. The van der Waals surface area contributed by atoms with Gasteiger partial charge >= 0.3 is 0 Å². The summed E-state index contributed by atoms with van der Waals surface area (Å²) in [4.78, 5) is 14.4. The van der Waals surface area contributed by atoms with Gasteiger partial charge in [0.1, 0.15) is 5.82 Å². The number of thioether (sulfide) groups is 1. The van der Waals surface area contributed by atoms with Crippen LogP contribution in [-0.2, 0) is 4.79 Å². The highest BCUT2D eigenvalue weighted by molar-refractivity contribution is 8.27. The summed E-state index contributed by atoms with van der Waals surface area (Å²) >= 11 is 6.44. The van der Waals surface area contributed by atoms with E-state index in [1.54, 1.807) is 31.4 Å². The number of methoxy groups -OCH3 is 1. The summed E-state index contributed by atoms with van der Waals surface area (Å²) in [7, 11) is 1.57. The molecule has 0 spiro atoms. The zero-order chi connectivity index (χ0) is 20.1. The number of halogens is 1. The Balaban J connectivity index is 1.85. The van der Waals surface area contributed by atoms with Crippen LogP contribution >= 0.6 is 24.0 Å². The van der Waals surface area contributed by atoms with Gasteiger partial charge in [-0.05, 0) is 42.3 Å². The Hall–Kier alpha value is -2.38. The molecule has 1 aliphatic rings. The molecule has 1 saturated heterocycles. The number of ether oxygens (including phenoxy) is 2. The van der Waals surface area contributed by atoms with E-state index in [4.69, 9.17) is 21.7 Å². The van der Waals surface area contributed by atoms with E-state index >= 15 is 0 Å². The minimum Gasteiger partial charge on any atom is -0.493 e. The molecule has 0 N–H and O–H groups in total. The van der Waals surface area contributed by atoms with E-state index in [1.807, 2.05) is 12.1 Å². The molecule has 2 aromatic carbocycles. The number of amides is 1. The standard InChI is InChI=1S/C21H20FNO3S2/c1-3-4-11-26-17-10-9-14(12-18(17)25-2)13-19-20(24)23(21(27)28-19)16-8-6-5-7-15(16)22/h5-10,12-13H,3-4,11H2,1-2H3/b19-13+. The van der Waals surface area contributed by atoms with Gasteiger partial charge < -0.3 is 9.47 Å². The van der Waals surface area contributed by atoms with Crippen LogP contribution in [0.4, 0.5) is 10.1 Å². The second-order valence-electron chi connectivity index (χ2n) is 6.08. The molecule has 2 aromatic rings. The van der Waals surface area contributed by atoms with Crippen LogP contribution in [0.25, 0.3) is 6.08 Å². The van der Waals surface area contributed by atoms with Gasteiger partial charge in [-0.3, -0.25) is 9.69 Å². The first kappa shape index (κ1) is 20.4. The van der Waals surface area contributed by atoms with Crippen LogP contribution < -0.4 is 14.4 Å². The number of carbonyl (C=O) groups excluding carboxylic acids is 1. The molecule has 1 amide bonds. The van der Waals surface area contributed by atoms with Crippen LogP contribution in [0.3, 0.4) is 0 Å². The number of rotatable bonds is 7. The van der Waals surface area contributed by atoms with E-state index in [0.717, 1.165) is 30.2 Å². The van der Waals surface area contributed by atoms with Crippen molar-refractivity contribution in [1.29, 1.82) is 0 Å². The van der Waals surface area contributed by atoms with E-state index in [9.17, 15) is 9.18 Å². The highest BCUT2D eigenvalue weighted by atomic mass is 32.2. The lowest BCUT2D eigenvalue weighted by Gasteiger charge is -2.14. The fourth-order valence-corrected chi connectivity index (χ4v) is 3.96. The Morgan fingerprint density at radius 3 is 2.71 bits per heavy atom. The molecule has 0 aromatic heterocycles. The number of hydrogen-bond acceptors (Lipinski definition) is 5. The molecule has 146 valence electrons. The van der Waals surface area contributed by atoms with Crippen molar-refractivity contribution in [2.75, 3.05) is 18.6 Å². The van der Waals surface area contributed by atoms with Gasteiger partial charge in [0.25, 0.3) is 5.91 Å². The lowest BCUT2D eigenvalue weighted by Crippen LogP contribution is -2.28. The van der Waals surface area contributed by atoms with Crippen LogP contribution in [0.5, 0.6) is 11.5 Å². The number of anilines is 1. The number of thiocarbonyl (C=S) groups is 1. The van der Waals surface area contributed by atoms with E-state index in [0.29, 0.717) is 27.3 Å². The number of nitrogens with zero attached hydrogens (tertiary/aromatic N) is 1. The first-order valence-corrected chi connectivity index (χ1v) is 10.1. The molecule has 4 nitrogen and oxygen atoms in total. The summed E-state index contributed by atoms with van der Waals surface area (Å²) in [6.07, 6.45) is 3.73. The van der Waals surface area contributed by atoms with Crippen molar-refractivity contribution in [3.8, 4) is 11.5 Å². The Morgan fingerprint density at radius 2 is 2.00 bits per heavy atom. The van der Waals surface area contributed by atoms with Gasteiger partial charge in [-0.2, -0.15) is 0 Å². The van der Waals surface area contributed by atoms with Gasteiger partial charge in [-0.25, -0.2) is 4.39 Å². The van der Waals surface area contributed by atoms with Crippen molar-refractivity contribution in [1.82, 2.24) is 0 Å². The summed E-state index contributed by atoms with van der Waals surface area (Å²) < 4.78 is 25.5. The minimum absolute atomic E-state index is 0.158. The Morgan fingerprint density at radius 1 is 1.21 bits per heavy atom. The lowest BCUT2D eigenvalue weighted by molar-refractivity contribution is -0.113. The van der Waals surface area contributed by atoms with E-state index in [-0.39, 0.29) is 11.6 Å². The van der Waals surface area contributed by atoms with Crippen LogP contribution in [0.15, 0.2) is 47.4 Å². The van der Waals surface area contributed by atoms with E-state index in [2.05, 4.69) is 6.92 Å². The number of hydrogen-bond donors (Lipinski definition) is 0. The third-order valence-corrected chi connectivity index (χ3v) is 5.43. The number of carbonyl (C=O) groups is 1. The van der Waals surface area contributed by atoms with Crippen LogP contribution in [-0.4, -0.2) is 23.9 Å². The summed E-state index contributed by atoms with van der Waals surface area (Å²) in [5.41, 5.74) is 0.930. The van der Waals surface area contributed by atoms with Crippen molar-refractivity contribution < 1.29 is 18.7 Å². The molecule has 0 saturated carbocycles. The SMILES string of the molecule is CCCCOc1ccc(/C=C2/SC(=S)N(c3ccccc3F)C2=O)cc1OC. The maximum Gasteiger partial charge on any atom is 0.270 e. The van der Waals surface area contributed by atoms with Gasteiger partial charge in [-0.15, -0.1) is 0 Å². The quantitative estimate of drug-likeness (QED) is 0.342. The Kier molecular flexibility index (Phi) is 6.70. The molecule has 0 atom stereocenters. The largest absolute Gasteiger partial charge is 0.493 e. The number of benzene rings is 2. The smallest absolute Gasteiger partial charge is 0.270 e. The van der Waals surface area contributed by atoms with Crippen molar-refractivity contribution in [2.45, 2.75) is 19.8 Å². The zero-order valence-corrected chi connectivity index (χ0v) is 17.2. The van der Waals surface area contributed by atoms with Gasteiger partial charge in [0.15, 0.2) is 15.8 Å². The molecule has 0 unspecified atom stereocenters. The van der Waals surface area contributed by atoms with Gasteiger partial charge in [0.2, 0.25) is 0 Å². The molecular weight excluding hydrogens is 397 g/mol. The van der Waals surface area contributed by atoms with Gasteiger partial charge in [0, 0.05) is 0 Å². The molecule has 7 heteroatoms. The van der Waals surface area contributed by atoms with Crippen molar-refractivity contribution in [3.05, 3.63) is 58.8 Å². The average molecular weight is 418 g/mol. The summed E-state index contributed by atoms with van der Waals surface area (Å²) in [5, 5.41) is 0. The monoisotopic (exact) mass is 417 g/mol. The Labute approximate surface area is 173 Å². The highest BCUT2D eigenvalue weighted by Gasteiger charge is 2.34. The maximum absolute atomic E-state index is 14.1. The molecule has 1 fully saturated rings. The van der Waals surface area contributed by atoms with Crippen molar-refractivity contribution in [2.24, 2.45) is 0 Å². The zero-order valence-electron chi connectivity index (χ0n) is 15.6. The van der Waals surface area contributed by atoms with Crippen molar-refractivity contribution in [3.63, 3.8) is 0 Å². The normalized spacial score (nSPS) is 15.4. The fourth-order valence-electron chi connectivity index (χ4n) is 2.68. The molecule has 0 radical (unpaired) electrons. The van der Waals surface area contributed by atoms with Gasteiger partial charge in [-0.1, -0.05) is 55.5 Å². The van der Waals surface area contributed by atoms with E-state index in [1.165, 1.54) is 17.0 Å². The fraction of sp³-hybridized carbons (Fsp3) is 0.238. The van der Waals surface area contributed by atoms with Crippen LogP contribution in [0.1, 0.15) is 25.3 Å². The number of unbranched alkanes of at least 4 members (excludes halogenated alkanes) is 1. The third kappa shape index (κ3) is 4.36. The molecular formula is C21H20FNO3S2. The van der Waals surface area contributed by atoms with Gasteiger partial charge in [0.05, 0.1) is 24.3 Å². The van der Waals surface area contributed by atoms with Crippen LogP contribution in [0.2, 0.25) is 0 Å². The predicted molar refractivity (Wildman–Crippen MR) is 115 cm³/mol. The molecule has 28 heavy (non-hydrogen) atoms. The third-order valence-electron chi connectivity index (χ3n) is 4.13. The topological polar surface area (TPSA) is 38.8 Å². The molecule has 1 heterocycles. The van der Waals surface area contributed by atoms with E-state index < -0.39 is 5.82 Å². The average Bonchev–Trinajstić information content (AvgIpc) is 2.96. The molecule has 3 rings (SSSR count). The second kappa shape index (κ2) is 9.21. The summed E-state index contributed by atoms with van der Waals surface area (Å²) in [6.45, 7) is 2.72. The predicted octanol–water partition coefficient (Wildman–Crippen LogP) is 5.42. The second-order valence-corrected chi connectivity index (χ2v) is 7.76. The molecule has 0 aliphatic carbocycles. The number of para-hydroxylation sites is 1. The highest BCUT2D eigenvalue weighted by Crippen LogP contribution is 2.38. The maximum atomic E-state index is 14.1. The molecule has 1 aliphatic heterocycles.